The van der Waals surface area contributed by atoms with Crippen molar-refractivity contribution in [1.29, 1.82) is 0 Å². The second-order valence-electron chi connectivity index (χ2n) is 3.82. The summed E-state index contributed by atoms with van der Waals surface area (Å²) in [5, 5.41) is 3.98. The Hall–Kier alpha value is -1.32. The van der Waals surface area contributed by atoms with Gasteiger partial charge in [0.15, 0.2) is 0 Å². The van der Waals surface area contributed by atoms with Gasteiger partial charge in [0.1, 0.15) is 5.76 Å². The highest BCUT2D eigenvalue weighted by molar-refractivity contribution is 6.30. The first-order valence-electron chi connectivity index (χ1n) is 5.28. The van der Waals surface area contributed by atoms with Crippen LogP contribution in [0.15, 0.2) is 28.7 Å². The number of nitrogens with zero attached hydrogens (tertiary/aromatic N) is 1. The summed E-state index contributed by atoms with van der Waals surface area (Å²) < 4.78 is 5.72. The fourth-order valence-corrected chi connectivity index (χ4v) is 1.97. The van der Waals surface area contributed by atoms with Crippen molar-refractivity contribution in [3.8, 4) is 11.5 Å². The zero-order valence-corrected chi connectivity index (χ0v) is 9.42. The zero-order chi connectivity index (χ0) is 11.0. The van der Waals surface area contributed by atoms with Gasteiger partial charge in [-0.25, -0.2) is 4.98 Å². The molecule has 1 aliphatic heterocycles. The van der Waals surface area contributed by atoms with Gasteiger partial charge in [-0.1, -0.05) is 11.6 Å². The summed E-state index contributed by atoms with van der Waals surface area (Å²) in [4.78, 5) is 4.50. The summed E-state index contributed by atoms with van der Waals surface area (Å²) >= 11 is 5.84. The zero-order valence-electron chi connectivity index (χ0n) is 8.66. The van der Waals surface area contributed by atoms with Crippen LogP contribution in [0.3, 0.4) is 0 Å². The maximum atomic E-state index is 5.84. The average molecular weight is 235 g/mol. The second-order valence-corrected chi connectivity index (χ2v) is 4.26. The molecule has 0 saturated heterocycles. The molecule has 16 heavy (non-hydrogen) atoms. The highest BCUT2D eigenvalue weighted by Crippen LogP contribution is 2.24. The first-order valence-corrected chi connectivity index (χ1v) is 5.66. The molecule has 3 nitrogen and oxygen atoms in total. The summed E-state index contributed by atoms with van der Waals surface area (Å²) in [6, 6.07) is 7.54. The van der Waals surface area contributed by atoms with E-state index in [0.29, 0.717) is 5.89 Å². The molecule has 1 N–H and O–H groups in total. The third-order valence-corrected chi connectivity index (χ3v) is 2.95. The fraction of sp³-hybridized carbons (Fsp3) is 0.250. The monoisotopic (exact) mass is 234 g/mol. The van der Waals surface area contributed by atoms with E-state index in [-0.39, 0.29) is 0 Å². The van der Waals surface area contributed by atoms with E-state index in [4.69, 9.17) is 16.0 Å². The van der Waals surface area contributed by atoms with Gasteiger partial charge in [-0.15, -0.1) is 0 Å². The molecule has 2 aromatic rings. The van der Waals surface area contributed by atoms with E-state index in [9.17, 15) is 0 Å². The van der Waals surface area contributed by atoms with Crippen molar-refractivity contribution < 1.29 is 4.42 Å². The molecule has 0 radical (unpaired) electrons. The fourth-order valence-electron chi connectivity index (χ4n) is 1.84. The lowest BCUT2D eigenvalue weighted by atomic mass is 10.2. The largest absolute Gasteiger partial charge is 0.440 e. The second kappa shape index (κ2) is 3.92. The molecule has 0 bridgehead atoms. The van der Waals surface area contributed by atoms with Gasteiger partial charge in [0, 0.05) is 23.6 Å². The number of hydrogen-bond acceptors (Lipinski definition) is 3. The van der Waals surface area contributed by atoms with Gasteiger partial charge in [0.05, 0.1) is 12.2 Å². The van der Waals surface area contributed by atoms with Gasteiger partial charge in [-0.2, -0.15) is 0 Å². The highest BCUT2D eigenvalue weighted by Gasteiger charge is 2.17. The van der Waals surface area contributed by atoms with Crippen molar-refractivity contribution in [3.05, 3.63) is 40.7 Å². The number of oxazole rings is 1. The van der Waals surface area contributed by atoms with Crippen LogP contribution in [0.25, 0.3) is 11.5 Å². The number of fused-ring (bicyclic) bond motifs is 1. The maximum absolute atomic E-state index is 5.84. The summed E-state index contributed by atoms with van der Waals surface area (Å²) in [5.74, 6) is 1.64. The van der Waals surface area contributed by atoms with E-state index in [1.165, 1.54) is 0 Å². The predicted octanol–water partition coefficient (Wildman–Crippen LogP) is 2.64. The van der Waals surface area contributed by atoms with Crippen molar-refractivity contribution >= 4 is 11.6 Å². The van der Waals surface area contributed by atoms with Crippen LogP contribution in [0.1, 0.15) is 11.5 Å². The maximum Gasteiger partial charge on any atom is 0.226 e. The first-order chi connectivity index (χ1) is 7.83. The number of hydrogen-bond donors (Lipinski definition) is 1. The summed E-state index contributed by atoms with van der Waals surface area (Å²) in [5.41, 5.74) is 2.04. The molecule has 4 heteroatoms. The van der Waals surface area contributed by atoms with Gasteiger partial charge in [0.25, 0.3) is 0 Å². The summed E-state index contributed by atoms with van der Waals surface area (Å²) in [6.45, 7) is 1.75. The third-order valence-electron chi connectivity index (χ3n) is 2.69. The minimum absolute atomic E-state index is 0.686. The molecule has 3 rings (SSSR count). The van der Waals surface area contributed by atoms with Crippen LogP contribution >= 0.6 is 11.6 Å². The molecule has 0 unspecified atom stereocenters. The molecule has 0 atom stereocenters. The van der Waals surface area contributed by atoms with E-state index in [1.807, 2.05) is 24.3 Å². The molecule has 0 aliphatic carbocycles. The van der Waals surface area contributed by atoms with Crippen LogP contribution in [0.2, 0.25) is 5.02 Å². The number of rotatable bonds is 1. The third kappa shape index (κ3) is 1.72. The quantitative estimate of drug-likeness (QED) is 0.825. The minimum Gasteiger partial charge on any atom is -0.440 e. The van der Waals surface area contributed by atoms with Crippen LogP contribution in [-0.2, 0) is 13.0 Å². The molecular formula is C12H11ClN2O. The summed E-state index contributed by atoms with van der Waals surface area (Å²) in [6.07, 6.45) is 0.937. The Balaban J connectivity index is 2.00. The Morgan fingerprint density at radius 1 is 1.25 bits per heavy atom. The molecule has 1 aromatic heterocycles. The van der Waals surface area contributed by atoms with Gasteiger partial charge >= 0.3 is 0 Å². The van der Waals surface area contributed by atoms with Crippen LogP contribution in [-0.4, -0.2) is 11.5 Å². The number of benzene rings is 1. The van der Waals surface area contributed by atoms with Crippen molar-refractivity contribution in [2.75, 3.05) is 6.54 Å². The number of halogens is 1. The lowest BCUT2D eigenvalue weighted by Gasteiger charge is -2.08. The Morgan fingerprint density at radius 3 is 2.81 bits per heavy atom. The number of nitrogens with one attached hydrogen (secondary N) is 1. The molecular weight excluding hydrogens is 224 g/mol. The lowest BCUT2D eigenvalue weighted by molar-refractivity contribution is 0.472. The van der Waals surface area contributed by atoms with Crippen LogP contribution in [0.5, 0.6) is 0 Å². The Kier molecular flexibility index (Phi) is 2.42. The van der Waals surface area contributed by atoms with Crippen molar-refractivity contribution in [2.45, 2.75) is 13.0 Å². The molecule has 0 fully saturated rings. The van der Waals surface area contributed by atoms with Gasteiger partial charge in [0.2, 0.25) is 5.89 Å². The van der Waals surface area contributed by atoms with Gasteiger partial charge < -0.3 is 9.73 Å². The predicted molar refractivity (Wildman–Crippen MR) is 62.4 cm³/mol. The Labute approximate surface area is 98.4 Å². The lowest BCUT2D eigenvalue weighted by Crippen LogP contribution is -2.22. The Bertz CT molecular complexity index is 481. The SMILES string of the molecule is Clc1ccc(-c2nc3c(o2)CNCC3)cc1. The molecule has 82 valence electrons. The van der Waals surface area contributed by atoms with Crippen LogP contribution in [0.4, 0.5) is 0 Å². The topological polar surface area (TPSA) is 38.1 Å². The molecule has 0 amide bonds. The van der Waals surface area contributed by atoms with E-state index >= 15 is 0 Å². The summed E-state index contributed by atoms with van der Waals surface area (Å²) in [7, 11) is 0. The van der Waals surface area contributed by atoms with Gasteiger partial charge in [-0.05, 0) is 24.3 Å². The smallest absolute Gasteiger partial charge is 0.226 e. The molecule has 0 spiro atoms. The van der Waals surface area contributed by atoms with E-state index in [0.717, 1.165) is 41.6 Å². The molecule has 2 heterocycles. The van der Waals surface area contributed by atoms with E-state index < -0.39 is 0 Å². The van der Waals surface area contributed by atoms with Crippen molar-refractivity contribution in [1.82, 2.24) is 10.3 Å². The Morgan fingerprint density at radius 2 is 2.06 bits per heavy atom. The number of aromatic nitrogens is 1. The standard InChI is InChI=1S/C12H11ClN2O/c13-9-3-1-8(2-4-9)12-15-10-5-6-14-7-11(10)16-12/h1-4,14H,5-7H2. The van der Waals surface area contributed by atoms with E-state index in [1.54, 1.807) is 0 Å². The average Bonchev–Trinajstić information content (AvgIpc) is 2.73. The molecule has 0 saturated carbocycles. The normalized spacial score (nSPS) is 14.8. The highest BCUT2D eigenvalue weighted by atomic mass is 35.5. The first kappa shape index (κ1) is 9.87. The van der Waals surface area contributed by atoms with Crippen LogP contribution < -0.4 is 5.32 Å². The molecule has 1 aromatic carbocycles. The van der Waals surface area contributed by atoms with Crippen molar-refractivity contribution in [3.63, 3.8) is 0 Å². The van der Waals surface area contributed by atoms with E-state index in [2.05, 4.69) is 10.3 Å². The minimum atomic E-state index is 0.686. The van der Waals surface area contributed by atoms with Gasteiger partial charge in [-0.3, -0.25) is 0 Å². The van der Waals surface area contributed by atoms with Crippen LogP contribution in [0, 0.1) is 0 Å². The van der Waals surface area contributed by atoms with Crippen molar-refractivity contribution in [2.24, 2.45) is 0 Å². The molecule has 1 aliphatic rings.